The van der Waals surface area contributed by atoms with Gasteiger partial charge in [-0.3, -0.25) is 13.6 Å². The van der Waals surface area contributed by atoms with Gasteiger partial charge >= 0.3 is 13.9 Å². The predicted molar refractivity (Wildman–Crippen MR) is 180 cm³/mol. The first-order valence-corrected chi connectivity index (χ1v) is 17.6. The normalized spacial score (nSPS) is 20.0. The van der Waals surface area contributed by atoms with E-state index in [1.54, 1.807) is 75.3 Å². The molecule has 1 amide bonds. The minimum absolute atomic E-state index is 0.107. The minimum Gasteiger partial charge on any atom is -0.490 e. The van der Waals surface area contributed by atoms with Gasteiger partial charge in [0.1, 0.15) is 17.0 Å². The topological polar surface area (TPSA) is 105 Å². The van der Waals surface area contributed by atoms with Gasteiger partial charge in [0.15, 0.2) is 0 Å². The number of benzene rings is 1. The van der Waals surface area contributed by atoms with Crippen molar-refractivity contribution in [2.45, 2.75) is 144 Å². The fraction of sp³-hybridized carbons (Fsp3) is 0.714. The van der Waals surface area contributed by atoms with Gasteiger partial charge < -0.3 is 14.8 Å². The summed E-state index contributed by atoms with van der Waals surface area (Å²) in [5.41, 5.74) is -2.35. The third kappa shape index (κ3) is 11.8. The molecule has 3 rings (SSSR count). The van der Waals surface area contributed by atoms with Crippen molar-refractivity contribution in [3.63, 3.8) is 0 Å². The van der Waals surface area contributed by atoms with Crippen LogP contribution in [0.5, 0.6) is 5.75 Å². The number of aromatic nitrogens is 1. The smallest absolute Gasteiger partial charge is 0.476 e. The van der Waals surface area contributed by atoms with E-state index in [0.717, 1.165) is 29.9 Å². The van der Waals surface area contributed by atoms with Crippen LogP contribution in [-0.4, -0.2) is 40.5 Å². The maximum Gasteiger partial charge on any atom is 0.476 e. The summed E-state index contributed by atoms with van der Waals surface area (Å²) in [4.78, 5) is 17.6. The van der Waals surface area contributed by atoms with Crippen LogP contribution in [0.3, 0.4) is 0 Å². The summed E-state index contributed by atoms with van der Waals surface area (Å²) < 4.78 is 44.2. The first kappa shape index (κ1) is 37.3. The van der Waals surface area contributed by atoms with Gasteiger partial charge in [-0.05, 0) is 131 Å². The first-order valence-electron chi connectivity index (χ1n) is 16.1. The number of nitrogens with one attached hydrogen (secondary N) is 1. The van der Waals surface area contributed by atoms with Gasteiger partial charge in [-0.25, -0.2) is 14.3 Å². The average Bonchev–Trinajstić information content (AvgIpc) is 2.83. The number of fused-ring (bicyclic) bond motifs is 1. The molecular formula is C35H57N2O7P. The van der Waals surface area contributed by atoms with Crippen LogP contribution in [0.15, 0.2) is 30.3 Å². The average molecular weight is 649 g/mol. The minimum atomic E-state index is -4.21. The second kappa shape index (κ2) is 13.5. The second-order valence-electron chi connectivity index (χ2n) is 16.5. The molecule has 1 aliphatic rings. The van der Waals surface area contributed by atoms with E-state index in [1.807, 2.05) is 24.3 Å². The highest BCUT2D eigenvalue weighted by Crippen LogP contribution is 2.59. The number of rotatable bonds is 9. The van der Waals surface area contributed by atoms with Gasteiger partial charge in [0, 0.05) is 5.39 Å². The third-order valence-corrected chi connectivity index (χ3v) is 9.63. The Hall–Kier alpha value is -2.19. The number of hydrogen-bond acceptors (Lipinski definition) is 8. The van der Waals surface area contributed by atoms with Crippen molar-refractivity contribution in [2.75, 3.05) is 6.54 Å². The Morgan fingerprint density at radius 2 is 1.38 bits per heavy atom. The fourth-order valence-electron chi connectivity index (χ4n) is 5.41. The van der Waals surface area contributed by atoms with Gasteiger partial charge in [0.05, 0.1) is 35.1 Å². The Morgan fingerprint density at radius 3 is 1.89 bits per heavy atom. The molecular weight excluding hydrogens is 591 g/mol. The zero-order chi connectivity index (χ0) is 34.1. The molecule has 1 unspecified atom stereocenters. The van der Waals surface area contributed by atoms with E-state index in [4.69, 9.17) is 28.0 Å². The molecule has 1 aromatic heterocycles. The van der Waals surface area contributed by atoms with Gasteiger partial charge in [-0.1, -0.05) is 26.8 Å². The molecule has 10 heteroatoms. The summed E-state index contributed by atoms with van der Waals surface area (Å²) in [6.07, 6.45) is 3.99. The molecule has 1 aromatic carbocycles. The Kier molecular flexibility index (Phi) is 11.2. The van der Waals surface area contributed by atoms with E-state index >= 15 is 0 Å². The Labute approximate surface area is 271 Å². The number of alkyl carbamates (subject to hydrolysis) is 1. The predicted octanol–water partition coefficient (Wildman–Crippen LogP) is 9.71. The van der Waals surface area contributed by atoms with Crippen molar-refractivity contribution >= 4 is 24.8 Å². The number of carbonyl (C=O) groups excluding carboxylic acids is 1. The quantitative estimate of drug-likeness (QED) is 0.268. The fourth-order valence-corrected chi connectivity index (χ4v) is 7.51. The highest BCUT2D eigenvalue weighted by Gasteiger charge is 2.45. The molecule has 0 radical (unpaired) electrons. The molecule has 9 nitrogen and oxygen atoms in total. The van der Waals surface area contributed by atoms with E-state index < -0.39 is 36.3 Å². The molecule has 2 aromatic rings. The van der Waals surface area contributed by atoms with Crippen molar-refractivity contribution in [2.24, 2.45) is 11.3 Å². The molecule has 0 spiro atoms. The lowest BCUT2D eigenvalue weighted by atomic mass is 9.72. The van der Waals surface area contributed by atoms with E-state index in [9.17, 15) is 9.36 Å². The number of pyridine rings is 1. The lowest BCUT2D eigenvalue weighted by Crippen LogP contribution is -2.43. The number of nitrogens with zero attached hydrogens (tertiary/aromatic N) is 1. The molecule has 1 atom stereocenters. The Morgan fingerprint density at radius 1 is 0.800 bits per heavy atom. The molecule has 1 fully saturated rings. The van der Waals surface area contributed by atoms with Crippen molar-refractivity contribution < 1.29 is 32.4 Å². The largest absolute Gasteiger partial charge is 0.490 e. The van der Waals surface area contributed by atoms with Crippen molar-refractivity contribution in [1.82, 2.24) is 10.3 Å². The van der Waals surface area contributed by atoms with Gasteiger partial charge in [0.2, 0.25) is 0 Å². The lowest BCUT2D eigenvalue weighted by molar-refractivity contribution is -0.0414. The summed E-state index contributed by atoms with van der Waals surface area (Å²) in [7, 11) is -4.21. The molecule has 1 saturated carbocycles. The maximum absolute atomic E-state index is 14.2. The van der Waals surface area contributed by atoms with E-state index in [1.165, 1.54) is 12.8 Å². The highest BCUT2D eigenvalue weighted by atomic mass is 31.2. The molecule has 45 heavy (non-hydrogen) atoms. The molecule has 1 N–H and O–H groups in total. The van der Waals surface area contributed by atoms with Crippen LogP contribution >= 0.6 is 7.82 Å². The highest BCUT2D eigenvalue weighted by molar-refractivity contribution is 7.48. The number of carbonyl (C=O) groups is 1. The van der Waals surface area contributed by atoms with Crippen LogP contribution in [0, 0.1) is 11.3 Å². The van der Waals surface area contributed by atoms with E-state index in [2.05, 4.69) is 26.1 Å². The Bertz CT molecular complexity index is 1340. The molecule has 0 bridgehead atoms. The zero-order valence-corrected chi connectivity index (χ0v) is 30.7. The summed E-state index contributed by atoms with van der Waals surface area (Å²) in [6, 6.07) is 9.57. The van der Waals surface area contributed by atoms with Crippen molar-refractivity contribution in [1.29, 1.82) is 0 Å². The lowest BCUT2D eigenvalue weighted by Gasteiger charge is -2.37. The summed E-state index contributed by atoms with van der Waals surface area (Å²) in [5.74, 6) is 1.53. The van der Waals surface area contributed by atoms with Crippen LogP contribution in [0.2, 0.25) is 0 Å². The molecule has 1 heterocycles. The third-order valence-electron chi connectivity index (χ3n) is 7.46. The Balaban J connectivity index is 1.91. The standard InChI is InChI=1S/C35H57N2O7P/c1-31(2,3)25-15-17-26(18-16-25)40-27-19-20-28-24(22-27)14-21-29(37-28)35(13,23-36-30(38)41-32(4,5)6)44-45(39,42-33(7,8)9)43-34(10,11)12/h14,19-22,25-26H,15-18,23H2,1-13H3,(H,36,38). The first-order chi connectivity index (χ1) is 20.3. The van der Waals surface area contributed by atoms with Crippen LogP contribution in [0.25, 0.3) is 10.9 Å². The van der Waals surface area contributed by atoms with Gasteiger partial charge in [-0.2, -0.15) is 0 Å². The van der Waals surface area contributed by atoms with Crippen LogP contribution in [-0.2, 0) is 28.5 Å². The summed E-state index contributed by atoms with van der Waals surface area (Å²) >= 11 is 0. The summed E-state index contributed by atoms with van der Waals surface area (Å²) in [5, 5.41) is 3.65. The number of phosphoric acid groups is 1. The molecule has 254 valence electrons. The van der Waals surface area contributed by atoms with Crippen molar-refractivity contribution in [3.8, 4) is 5.75 Å². The summed E-state index contributed by atoms with van der Waals surface area (Å²) in [6.45, 7) is 24.5. The van der Waals surface area contributed by atoms with Gasteiger partial charge in [0.25, 0.3) is 0 Å². The molecule has 0 aliphatic heterocycles. The number of amides is 1. The zero-order valence-electron chi connectivity index (χ0n) is 29.8. The maximum atomic E-state index is 14.2. The van der Waals surface area contributed by atoms with Crippen LogP contribution < -0.4 is 10.1 Å². The second-order valence-corrected chi connectivity index (χ2v) is 18.0. The van der Waals surface area contributed by atoms with Crippen LogP contribution in [0.1, 0.15) is 121 Å². The van der Waals surface area contributed by atoms with Crippen LogP contribution in [0.4, 0.5) is 4.79 Å². The van der Waals surface area contributed by atoms with E-state index in [0.29, 0.717) is 16.6 Å². The number of ether oxygens (including phenoxy) is 2. The number of hydrogen-bond donors (Lipinski definition) is 1. The van der Waals surface area contributed by atoms with Gasteiger partial charge in [-0.15, -0.1) is 0 Å². The van der Waals surface area contributed by atoms with E-state index in [-0.39, 0.29) is 12.6 Å². The monoisotopic (exact) mass is 648 g/mol. The molecule has 0 saturated heterocycles. The molecule has 1 aliphatic carbocycles. The number of phosphoric ester groups is 1. The van der Waals surface area contributed by atoms with Crippen molar-refractivity contribution in [3.05, 3.63) is 36.0 Å². The SMILES string of the molecule is CC(C)(C)OC(=O)NCC(C)(OP(=O)(OC(C)(C)C)OC(C)(C)C)c1ccc2cc(OC3CCC(C(C)(C)C)CC3)ccc2n1.